The van der Waals surface area contributed by atoms with Gasteiger partial charge in [0.25, 0.3) is 0 Å². The average Bonchev–Trinajstić information content (AvgIpc) is 2.45. The van der Waals surface area contributed by atoms with Gasteiger partial charge >= 0.3 is 5.97 Å². The van der Waals surface area contributed by atoms with Gasteiger partial charge in [0.05, 0.1) is 11.3 Å². The molecule has 0 bridgehead atoms. The fourth-order valence-electron chi connectivity index (χ4n) is 2.11. The molecule has 0 unspecified atom stereocenters. The summed E-state index contributed by atoms with van der Waals surface area (Å²) in [4.78, 5) is 17.5. The van der Waals surface area contributed by atoms with Gasteiger partial charge in [-0.2, -0.15) is 0 Å². The Hall–Kier alpha value is -2.36. The van der Waals surface area contributed by atoms with Gasteiger partial charge in [-0.1, -0.05) is 30.3 Å². The summed E-state index contributed by atoms with van der Waals surface area (Å²) in [5.41, 5.74) is 2.00. The number of carboxylic acid groups (broad SMARTS) is 1. The van der Waals surface area contributed by atoms with Gasteiger partial charge in [0.15, 0.2) is 0 Å². The van der Waals surface area contributed by atoms with E-state index >= 15 is 0 Å². The SMILES string of the molecule is CCN(Cc1ccccc1)c1ccc(C(=O)O)c(C)n1. The molecular weight excluding hydrogens is 252 g/mol. The van der Waals surface area contributed by atoms with Gasteiger partial charge in [-0.25, -0.2) is 9.78 Å². The molecule has 0 radical (unpaired) electrons. The van der Waals surface area contributed by atoms with Crippen molar-refractivity contribution in [2.75, 3.05) is 11.4 Å². The molecule has 2 rings (SSSR count). The van der Waals surface area contributed by atoms with Crippen LogP contribution in [0.15, 0.2) is 42.5 Å². The summed E-state index contributed by atoms with van der Waals surface area (Å²) in [5, 5.41) is 9.03. The molecule has 0 amide bonds. The molecule has 0 atom stereocenters. The standard InChI is InChI=1S/C16H18N2O2/c1-3-18(11-13-7-5-4-6-8-13)15-10-9-14(16(19)20)12(2)17-15/h4-10H,3,11H2,1-2H3,(H,19,20). The highest BCUT2D eigenvalue weighted by Crippen LogP contribution is 2.17. The first-order chi connectivity index (χ1) is 9.61. The third kappa shape index (κ3) is 3.15. The van der Waals surface area contributed by atoms with Crippen molar-refractivity contribution in [3.8, 4) is 0 Å². The summed E-state index contributed by atoms with van der Waals surface area (Å²) in [6, 6.07) is 13.5. The number of hydrogen-bond acceptors (Lipinski definition) is 3. The molecule has 1 aromatic heterocycles. The molecule has 0 aliphatic rings. The van der Waals surface area contributed by atoms with E-state index in [1.807, 2.05) is 18.2 Å². The maximum Gasteiger partial charge on any atom is 0.337 e. The van der Waals surface area contributed by atoms with Gasteiger partial charge in [0.2, 0.25) is 0 Å². The number of nitrogens with zero attached hydrogens (tertiary/aromatic N) is 2. The van der Waals surface area contributed by atoms with Gasteiger partial charge < -0.3 is 10.0 Å². The highest BCUT2D eigenvalue weighted by Gasteiger charge is 2.12. The third-order valence-electron chi connectivity index (χ3n) is 3.22. The van der Waals surface area contributed by atoms with E-state index in [-0.39, 0.29) is 5.56 Å². The second kappa shape index (κ2) is 6.19. The molecule has 4 nitrogen and oxygen atoms in total. The van der Waals surface area contributed by atoms with Crippen LogP contribution in [0.2, 0.25) is 0 Å². The van der Waals surface area contributed by atoms with E-state index in [1.54, 1.807) is 19.1 Å². The first kappa shape index (κ1) is 14.1. The number of anilines is 1. The molecule has 0 saturated heterocycles. The lowest BCUT2D eigenvalue weighted by Crippen LogP contribution is -2.23. The third-order valence-corrected chi connectivity index (χ3v) is 3.22. The maximum absolute atomic E-state index is 11.0. The van der Waals surface area contributed by atoms with E-state index in [0.717, 1.165) is 18.9 Å². The summed E-state index contributed by atoms with van der Waals surface area (Å²) < 4.78 is 0. The molecular formula is C16H18N2O2. The molecule has 20 heavy (non-hydrogen) atoms. The van der Waals surface area contributed by atoms with Gasteiger partial charge in [-0.3, -0.25) is 0 Å². The Bertz CT molecular complexity index is 597. The van der Waals surface area contributed by atoms with Crippen molar-refractivity contribution in [2.24, 2.45) is 0 Å². The maximum atomic E-state index is 11.0. The lowest BCUT2D eigenvalue weighted by molar-refractivity contribution is 0.0695. The number of benzene rings is 1. The molecule has 1 N–H and O–H groups in total. The number of aromatic carboxylic acids is 1. The van der Waals surface area contributed by atoms with Crippen LogP contribution in [0.4, 0.5) is 5.82 Å². The molecule has 0 fully saturated rings. The monoisotopic (exact) mass is 270 g/mol. The number of aromatic nitrogens is 1. The zero-order chi connectivity index (χ0) is 14.5. The topological polar surface area (TPSA) is 53.4 Å². The Morgan fingerprint density at radius 1 is 1.20 bits per heavy atom. The van der Waals surface area contributed by atoms with E-state index in [0.29, 0.717) is 5.69 Å². The van der Waals surface area contributed by atoms with E-state index < -0.39 is 5.97 Å². The van der Waals surface area contributed by atoms with Gasteiger partial charge in [-0.15, -0.1) is 0 Å². The normalized spacial score (nSPS) is 10.3. The molecule has 1 heterocycles. The van der Waals surface area contributed by atoms with Crippen molar-refractivity contribution < 1.29 is 9.90 Å². The Labute approximate surface area is 118 Å². The molecule has 0 aliphatic carbocycles. The number of carboxylic acids is 1. The van der Waals surface area contributed by atoms with E-state index in [9.17, 15) is 4.79 Å². The van der Waals surface area contributed by atoms with Crippen LogP contribution >= 0.6 is 0 Å². The van der Waals surface area contributed by atoms with Crippen molar-refractivity contribution in [3.05, 3.63) is 59.3 Å². The Morgan fingerprint density at radius 2 is 1.90 bits per heavy atom. The van der Waals surface area contributed by atoms with Crippen LogP contribution in [0.5, 0.6) is 0 Å². The summed E-state index contributed by atoms with van der Waals surface area (Å²) in [7, 11) is 0. The Balaban J connectivity index is 2.24. The molecule has 1 aromatic carbocycles. The number of aryl methyl sites for hydroxylation is 1. The highest BCUT2D eigenvalue weighted by molar-refractivity contribution is 5.89. The van der Waals surface area contributed by atoms with Crippen molar-refractivity contribution in [2.45, 2.75) is 20.4 Å². The molecule has 0 aliphatic heterocycles. The van der Waals surface area contributed by atoms with Crippen LogP contribution in [-0.2, 0) is 6.54 Å². The van der Waals surface area contributed by atoms with Crippen molar-refractivity contribution in [3.63, 3.8) is 0 Å². The number of pyridine rings is 1. The van der Waals surface area contributed by atoms with Gasteiger partial charge in [-0.05, 0) is 31.5 Å². The lowest BCUT2D eigenvalue weighted by atomic mass is 10.2. The first-order valence-electron chi connectivity index (χ1n) is 6.61. The van der Waals surface area contributed by atoms with Crippen LogP contribution in [0, 0.1) is 6.92 Å². The van der Waals surface area contributed by atoms with Crippen LogP contribution < -0.4 is 4.90 Å². The summed E-state index contributed by atoms with van der Waals surface area (Å²) >= 11 is 0. The lowest BCUT2D eigenvalue weighted by Gasteiger charge is -2.22. The van der Waals surface area contributed by atoms with Crippen LogP contribution in [0.25, 0.3) is 0 Å². The minimum atomic E-state index is -0.937. The largest absolute Gasteiger partial charge is 0.478 e. The minimum absolute atomic E-state index is 0.254. The Kier molecular flexibility index (Phi) is 4.35. The van der Waals surface area contributed by atoms with Crippen molar-refractivity contribution in [1.82, 2.24) is 4.98 Å². The Morgan fingerprint density at radius 3 is 2.45 bits per heavy atom. The second-order valence-corrected chi connectivity index (χ2v) is 4.61. The number of hydrogen-bond donors (Lipinski definition) is 1. The predicted molar refractivity (Wildman–Crippen MR) is 79.1 cm³/mol. The van der Waals surface area contributed by atoms with Crippen molar-refractivity contribution >= 4 is 11.8 Å². The summed E-state index contributed by atoms with van der Waals surface area (Å²) in [6.07, 6.45) is 0. The first-order valence-corrected chi connectivity index (χ1v) is 6.61. The highest BCUT2D eigenvalue weighted by atomic mass is 16.4. The van der Waals surface area contributed by atoms with E-state index in [1.165, 1.54) is 5.56 Å². The molecule has 2 aromatic rings. The predicted octanol–water partition coefficient (Wildman–Crippen LogP) is 3.11. The molecule has 4 heteroatoms. The minimum Gasteiger partial charge on any atom is -0.478 e. The number of rotatable bonds is 5. The van der Waals surface area contributed by atoms with Crippen LogP contribution in [0.1, 0.15) is 28.5 Å². The van der Waals surface area contributed by atoms with E-state index in [2.05, 4.69) is 28.9 Å². The zero-order valence-corrected chi connectivity index (χ0v) is 11.7. The van der Waals surface area contributed by atoms with Gasteiger partial charge in [0, 0.05) is 13.1 Å². The molecule has 0 spiro atoms. The van der Waals surface area contributed by atoms with E-state index in [4.69, 9.17) is 5.11 Å². The summed E-state index contributed by atoms with van der Waals surface area (Å²) in [5.74, 6) is -0.133. The van der Waals surface area contributed by atoms with Crippen molar-refractivity contribution in [1.29, 1.82) is 0 Å². The average molecular weight is 270 g/mol. The smallest absolute Gasteiger partial charge is 0.337 e. The quantitative estimate of drug-likeness (QED) is 0.907. The fourth-order valence-corrected chi connectivity index (χ4v) is 2.11. The second-order valence-electron chi connectivity index (χ2n) is 4.61. The zero-order valence-electron chi connectivity index (χ0n) is 11.7. The van der Waals surface area contributed by atoms with Gasteiger partial charge in [0.1, 0.15) is 5.82 Å². The number of carbonyl (C=O) groups is 1. The van der Waals surface area contributed by atoms with Crippen LogP contribution in [0.3, 0.4) is 0 Å². The fraction of sp³-hybridized carbons (Fsp3) is 0.250. The molecule has 0 saturated carbocycles. The van der Waals surface area contributed by atoms with Crippen LogP contribution in [-0.4, -0.2) is 22.6 Å². The molecule has 104 valence electrons. The summed E-state index contributed by atoms with van der Waals surface area (Å²) in [6.45, 7) is 5.36.